The van der Waals surface area contributed by atoms with Gasteiger partial charge in [0, 0.05) is 13.1 Å². The first-order chi connectivity index (χ1) is 12.5. The minimum atomic E-state index is 0.130. The number of rotatable bonds is 6. The van der Waals surface area contributed by atoms with Crippen molar-refractivity contribution >= 4 is 17.7 Å². The van der Waals surface area contributed by atoms with E-state index in [0.29, 0.717) is 16.7 Å². The third-order valence-corrected chi connectivity index (χ3v) is 5.38. The summed E-state index contributed by atoms with van der Waals surface area (Å²) in [6.07, 6.45) is 3.38. The number of hydrogen-bond acceptors (Lipinski definition) is 6. The lowest BCUT2D eigenvalue weighted by Crippen LogP contribution is -2.36. The third kappa shape index (κ3) is 4.49. The molecule has 1 saturated heterocycles. The highest BCUT2D eigenvalue weighted by atomic mass is 32.2. The van der Waals surface area contributed by atoms with Crippen LogP contribution in [0.15, 0.2) is 23.4 Å². The zero-order valence-electron chi connectivity index (χ0n) is 15.3. The quantitative estimate of drug-likeness (QED) is 0.616. The van der Waals surface area contributed by atoms with Crippen LogP contribution in [0.2, 0.25) is 0 Å². The van der Waals surface area contributed by atoms with Crippen LogP contribution >= 0.6 is 11.8 Å². The molecule has 0 spiro atoms. The van der Waals surface area contributed by atoms with Crippen LogP contribution in [0, 0.1) is 13.8 Å². The molecule has 1 aromatic carbocycles. The van der Waals surface area contributed by atoms with Gasteiger partial charge in [0.2, 0.25) is 11.1 Å². The number of aryl methyl sites for hydroxylation is 2. The minimum absolute atomic E-state index is 0.130. The number of amides is 1. The maximum atomic E-state index is 12.2. The van der Waals surface area contributed by atoms with E-state index >= 15 is 0 Å². The maximum absolute atomic E-state index is 12.2. The highest BCUT2D eigenvalue weighted by molar-refractivity contribution is 7.99. The summed E-state index contributed by atoms with van der Waals surface area (Å²) in [4.78, 5) is 14.2. The van der Waals surface area contributed by atoms with Crippen molar-refractivity contribution in [1.29, 1.82) is 0 Å². The number of nitrogens with zero attached hydrogens (tertiary/aromatic N) is 4. The number of hydrogen-bond donors (Lipinski definition) is 1. The van der Waals surface area contributed by atoms with Gasteiger partial charge in [-0.2, -0.15) is 0 Å². The van der Waals surface area contributed by atoms with Crippen LogP contribution in [0.5, 0.6) is 5.75 Å². The third-order valence-electron chi connectivity index (χ3n) is 4.46. The Hall–Kier alpha value is -2.22. The van der Waals surface area contributed by atoms with Gasteiger partial charge in [0.15, 0.2) is 5.82 Å². The van der Waals surface area contributed by atoms with Crippen LogP contribution in [0.25, 0.3) is 0 Å². The van der Waals surface area contributed by atoms with Crippen LogP contribution in [0.3, 0.4) is 0 Å². The fourth-order valence-electron chi connectivity index (χ4n) is 2.97. The summed E-state index contributed by atoms with van der Waals surface area (Å²) in [6.45, 7) is 5.98. The van der Waals surface area contributed by atoms with E-state index in [1.807, 2.05) is 30.9 Å². The lowest BCUT2D eigenvalue weighted by Gasteiger charge is -2.26. The Labute approximate surface area is 157 Å². The number of nitrogens with two attached hydrogens (primary N) is 1. The number of aromatic nitrogens is 3. The molecular formula is C18H25N5O2S. The Bertz CT molecular complexity index is 771. The van der Waals surface area contributed by atoms with Crippen LogP contribution in [-0.4, -0.2) is 44.5 Å². The van der Waals surface area contributed by atoms with Crippen LogP contribution in [0.4, 0.5) is 0 Å². The van der Waals surface area contributed by atoms with Gasteiger partial charge in [-0.15, -0.1) is 10.2 Å². The van der Waals surface area contributed by atoms with E-state index in [1.165, 1.54) is 28.4 Å². The van der Waals surface area contributed by atoms with Crippen LogP contribution in [0.1, 0.15) is 36.2 Å². The van der Waals surface area contributed by atoms with Crippen molar-refractivity contribution in [2.75, 3.05) is 24.7 Å². The monoisotopic (exact) mass is 375 g/mol. The normalized spacial score (nSPS) is 14.5. The van der Waals surface area contributed by atoms with Gasteiger partial charge in [-0.3, -0.25) is 4.79 Å². The molecule has 0 radical (unpaired) electrons. The number of likely N-dealkylation sites (tertiary alicyclic amines) is 1. The van der Waals surface area contributed by atoms with E-state index in [-0.39, 0.29) is 12.5 Å². The number of thioether (sulfide) groups is 1. The van der Waals surface area contributed by atoms with Gasteiger partial charge in [-0.05, 0) is 44.7 Å². The molecule has 2 aromatic rings. The number of nitrogen functional groups attached to an aromatic ring is 1. The molecule has 0 aliphatic carbocycles. The number of ether oxygens (including phenoxy) is 1. The zero-order valence-corrected chi connectivity index (χ0v) is 16.1. The summed E-state index contributed by atoms with van der Waals surface area (Å²) in [7, 11) is 0. The van der Waals surface area contributed by atoms with Gasteiger partial charge in [0.1, 0.15) is 12.4 Å². The number of carbonyl (C=O) groups excluding carboxylic acids is 1. The Morgan fingerprint density at radius 3 is 2.73 bits per heavy atom. The Balaban J connectivity index is 1.54. The second-order valence-corrected chi connectivity index (χ2v) is 7.50. The zero-order chi connectivity index (χ0) is 18.5. The topological polar surface area (TPSA) is 86.3 Å². The van der Waals surface area contributed by atoms with Crippen molar-refractivity contribution in [2.45, 2.75) is 44.9 Å². The molecule has 0 bridgehead atoms. The summed E-state index contributed by atoms with van der Waals surface area (Å²) in [5.41, 5.74) is 2.25. The van der Waals surface area contributed by atoms with E-state index in [0.717, 1.165) is 37.2 Å². The number of benzene rings is 1. The molecule has 2 N–H and O–H groups in total. The van der Waals surface area contributed by atoms with Crippen molar-refractivity contribution in [1.82, 2.24) is 19.8 Å². The Morgan fingerprint density at radius 1 is 1.23 bits per heavy atom. The molecule has 140 valence electrons. The highest BCUT2D eigenvalue weighted by Crippen LogP contribution is 2.21. The van der Waals surface area contributed by atoms with Crippen LogP contribution < -0.4 is 10.6 Å². The molecule has 1 amide bonds. The van der Waals surface area contributed by atoms with Crippen molar-refractivity contribution in [3.63, 3.8) is 0 Å². The average Bonchev–Trinajstić information content (AvgIpc) is 2.99. The maximum Gasteiger partial charge on any atom is 0.233 e. The minimum Gasteiger partial charge on any atom is -0.485 e. The number of carbonyl (C=O) groups is 1. The predicted octanol–water partition coefficient (Wildman–Crippen LogP) is 2.29. The van der Waals surface area contributed by atoms with Gasteiger partial charge in [-0.1, -0.05) is 29.5 Å². The van der Waals surface area contributed by atoms with E-state index < -0.39 is 0 Å². The van der Waals surface area contributed by atoms with Gasteiger partial charge in [0.25, 0.3) is 0 Å². The van der Waals surface area contributed by atoms with Gasteiger partial charge < -0.3 is 15.5 Å². The molecule has 1 aromatic heterocycles. The second-order valence-electron chi connectivity index (χ2n) is 6.56. The molecule has 1 aliphatic rings. The molecule has 8 heteroatoms. The molecule has 1 fully saturated rings. The van der Waals surface area contributed by atoms with Gasteiger partial charge >= 0.3 is 0 Å². The lowest BCUT2D eigenvalue weighted by molar-refractivity contribution is -0.129. The second kappa shape index (κ2) is 8.44. The molecule has 3 rings (SSSR count). The fourth-order valence-corrected chi connectivity index (χ4v) is 3.75. The molecule has 0 unspecified atom stereocenters. The van der Waals surface area contributed by atoms with E-state index in [2.05, 4.69) is 16.3 Å². The summed E-state index contributed by atoms with van der Waals surface area (Å²) >= 11 is 1.31. The number of piperidine rings is 1. The molecule has 2 heterocycles. The fraction of sp³-hybridized carbons (Fsp3) is 0.500. The highest BCUT2D eigenvalue weighted by Gasteiger charge is 2.18. The Morgan fingerprint density at radius 2 is 2.00 bits per heavy atom. The first-order valence-corrected chi connectivity index (χ1v) is 9.83. The smallest absolute Gasteiger partial charge is 0.233 e. The molecule has 0 atom stereocenters. The SMILES string of the molecule is Cc1ccc(OCc2nnc(SCC(=O)N3CCCCC3)n2N)c(C)c1. The van der Waals surface area contributed by atoms with Crippen molar-refractivity contribution in [2.24, 2.45) is 0 Å². The summed E-state index contributed by atoms with van der Waals surface area (Å²) in [5.74, 6) is 7.84. The standard InChI is InChI=1S/C18H25N5O2S/c1-13-6-7-15(14(2)10-13)25-11-16-20-21-18(23(16)19)26-12-17(24)22-8-4-3-5-9-22/h6-7,10H,3-5,8-9,11-12,19H2,1-2H3. The van der Waals surface area contributed by atoms with E-state index in [4.69, 9.17) is 10.6 Å². The predicted molar refractivity (Wildman–Crippen MR) is 102 cm³/mol. The van der Waals surface area contributed by atoms with Crippen molar-refractivity contribution < 1.29 is 9.53 Å². The van der Waals surface area contributed by atoms with Crippen LogP contribution in [-0.2, 0) is 11.4 Å². The van der Waals surface area contributed by atoms with Gasteiger partial charge in [0.05, 0.1) is 5.75 Å². The summed E-state index contributed by atoms with van der Waals surface area (Å²) in [6, 6.07) is 6.01. The lowest BCUT2D eigenvalue weighted by atomic mass is 10.1. The van der Waals surface area contributed by atoms with E-state index in [1.54, 1.807) is 0 Å². The largest absolute Gasteiger partial charge is 0.485 e. The molecule has 1 aliphatic heterocycles. The first kappa shape index (κ1) is 18.6. The first-order valence-electron chi connectivity index (χ1n) is 8.84. The molecular weight excluding hydrogens is 350 g/mol. The molecule has 7 nitrogen and oxygen atoms in total. The summed E-state index contributed by atoms with van der Waals surface area (Å²) < 4.78 is 7.21. The van der Waals surface area contributed by atoms with E-state index in [9.17, 15) is 4.79 Å². The molecule has 0 saturated carbocycles. The van der Waals surface area contributed by atoms with Gasteiger partial charge in [-0.25, -0.2) is 4.68 Å². The Kier molecular flexibility index (Phi) is 6.03. The van der Waals surface area contributed by atoms with Crippen molar-refractivity contribution in [3.05, 3.63) is 35.2 Å². The van der Waals surface area contributed by atoms with Crippen molar-refractivity contribution in [3.8, 4) is 5.75 Å². The average molecular weight is 375 g/mol. The summed E-state index contributed by atoms with van der Waals surface area (Å²) in [5, 5.41) is 8.69. The molecule has 26 heavy (non-hydrogen) atoms.